The van der Waals surface area contributed by atoms with Gasteiger partial charge in [0.25, 0.3) is 0 Å². The van der Waals surface area contributed by atoms with Crippen LogP contribution in [-0.2, 0) is 71.5 Å². The molecule has 1 aromatic rings. The summed E-state index contributed by atoms with van der Waals surface area (Å²) in [5.74, 6) is -3.03. The maximum absolute atomic E-state index is 10.8. The molecule has 0 aliphatic carbocycles. The number of benzene rings is 1. The van der Waals surface area contributed by atoms with Crippen LogP contribution in [0.5, 0.6) is 0 Å². The fourth-order valence-electron chi connectivity index (χ4n) is 1.83. The van der Waals surface area contributed by atoms with Gasteiger partial charge < -0.3 is 37.9 Å². The van der Waals surface area contributed by atoms with Gasteiger partial charge in [0.2, 0.25) is 0 Å². The van der Waals surface area contributed by atoms with Crippen molar-refractivity contribution in [3.05, 3.63) is 35.9 Å². The highest BCUT2D eigenvalue weighted by molar-refractivity contribution is 5.89. The Hall–Kier alpha value is -5.02. The van der Waals surface area contributed by atoms with Crippen LogP contribution in [0.25, 0.3) is 0 Å². The maximum Gasteiger partial charge on any atom is 0.337 e. The van der Waals surface area contributed by atoms with E-state index in [1.54, 1.807) is 24.3 Å². The molecule has 45 heavy (non-hydrogen) atoms. The lowest BCUT2D eigenvalue weighted by atomic mass is 10.2. The van der Waals surface area contributed by atoms with Gasteiger partial charge in [-0.15, -0.1) is 0 Å². The second-order valence-corrected chi connectivity index (χ2v) is 7.77. The third kappa shape index (κ3) is 46.2. The summed E-state index contributed by atoms with van der Waals surface area (Å²) in [6, 6.07) is 8.88. The van der Waals surface area contributed by atoms with Gasteiger partial charge in [0, 0.05) is 48.5 Å². The van der Waals surface area contributed by atoms with Crippen molar-refractivity contribution in [3.63, 3.8) is 0 Å². The summed E-state index contributed by atoms with van der Waals surface area (Å²) < 4.78 is 35.7. The number of rotatable bonds is 9. The van der Waals surface area contributed by atoms with Gasteiger partial charge in [-0.05, 0) is 12.1 Å². The van der Waals surface area contributed by atoms with E-state index in [0.29, 0.717) is 5.56 Å². The molecule has 0 saturated carbocycles. The van der Waals surface area contributed by atoms with Crippen LogP contribution in [0.3, 0.4) is 0 Å². The minimum absolute atomic E-state index is 0.123. The van der Waals surface area contributed by atoms with Gasteiger partial charge in [-0.3, -0.25) is 33.6 Å². The number of hydrogen-bond donors (Lipinski definition) is 0. The lowest BCUT2D eigenvalue weighted by Gasteiger charge is -2.15. The van der Waals surface area contributed by atoms with Gasteiger partial charge in [-0.25, -0.2) is 4.79 Å². The molecule has 0 spiro atoms. The number of esters is 8. The lowest BCUT2D eigenvalue weighted by molar-refractivity contribution is -0.163. The van der Waals surface area contributed by atoms with E-state index < -0.39 is 24.0 Å². The Bertz CT molecular complexity index is 972. The molecule has 16 nitrogen and oxygen atoms in total. The van der Waals surface area contributed by atoms with Gasteiger partial charge in [0.1, 0.15) is 26.4 Å². The molecule has 0 fully saturated rings. The Balaban J connectivity index is -0.000000248. The van der Waals surface area contributed by atoms with Crippen molar-refractivity contribution >= 4 is 47.8 Å². The first kappa shape index (κ1) is 46.9. The molecule has 0 bridgehead atoms. The minimum Gasteiger partial charge on any atom is -0.469 e. The van der Waals surface area contributed by atoms with E-state index in [2.05, 4.69) is 33.2 Å². The third-order valence-electron chi connectivity index (χ3n) is 3.74. The second kappa shape index (κ2) is 31.9. The smallest absolute Gasteiger partial charge is 0.337 e. The predicted molar refractivity (Wildman–Crippen MR) is 155 cm³/mol. The highest BCUT2D eigenvalue weighted by atomic mass is 16.6. The second-order valence-electron chi connectivity index (χ2n) is 7.77. The summed E-state index contributed by atoms with van der Waals surface area (Å²) in [7, 11) is 4.07. The van der Waals surface area contributed by atoms with E-state index in [9.17, 15) is 38.4 Å². The number of methoxy groups -OCH3 is 3. The molecule has 256 valence electrons. The average molecular weight is 649 g/mol. The molecule has 0 aliphatic rings. The van der Waals surface area contributed by atoms with Crippen LogP contribution in [0.15, 0.2) is 30.3 Å². The highest BCUT2D eigenvalue weighted by Crippen LogP contribution is 1.99. The minimum atomic E-state index is -0.754. The summed E-state index contributed by atoms with van der Waals surface area (Å²) in [5, 5.41) is 0. The molecule has 16 heteroatoms. The van der Waals surface area contributed by atoms with Gasteiger partial charge in [-0.2, -0.15) is 0 Å². The first-order valence-electron chi connectivity index (χ1n) is 12.9. The first-order chi connectivity index (χ1) is 20.9. The van der Waals surface area contributed by atoms with E-state index in [1.165, 1.54) is 69.8 Å². The topological polar surface area (TPSA) is 210 Å². The fraction of sp³-hybridized carbons (Fsp3) is 0.517. The molecule has 0 saturated heterocycles. The van der Waals surface area contributed by atoms with Crippen LogP contribution >= 0.6 is 0 Å². The van der Waals surface area contributed by atoms with E-state index in [1.807, 2.05) is 6.07 Å². The Labute approximate surface area is 262 Å². The molecule has 0 atom stereocenters. The zero-order valence-corrected chi connectivity index (χ0v) is 27.3. The Morgan fingerprint density at radius 1 is 0.489 bits per heavy atom. The molecule has 0 radical (unpaired) electrons. The number of carbonyl (C=O) groups excluding carboxylic acids is 8. The van der Waals surface area contributed by atoms with Crippen molar-refractivity contribution in [1.29, 1.82) is 0 Å². The first-order valence-corrected chi connectivity index (χ1v) is 12.9. The molecule has 0 N–H and O–H groups in total. The summed E-state index contributed by atoms with van der Waals surface area (Å²) >= 11 is 0. The largest absolute Gasteiger partial charge is 0.469 e. The van der Waals surface area contributed by atoms with Crippen LogP contribution < -0.4 is 0 Å². The standard InChI is InChI=1S/C9H14O6.C8H8O2.C6H10O4.2C3H6O2/c1-6(10)13-4-9(15-8(3)12)5-14-7(2)11;1-10-8(9)7-5-3-2-4-6-7;1-5(7)9-3-4-10-6(2)8;2*1-3(4)5-2/h9H,4-5H2,1-3H3;2-6H,1H3;3-4H2,1-2H3;2*1-2H3. The van der Waals surface area contributed by atoms with Crippen molar-refractivity contribution in [1.82, 2.24) is 0 Å². The summed E-state index contributed by atoms with van der Waals surface area (Å²) in [6.07, 6.45) is -0.754. The van der Waals surface area contributed by atoms with Crippen molar-refractivity contribution < 1.29 is 76.3 Å². The van der Waals surface area contributed by atoms with Crippen LogP contribution in [0.1, 0.15) is 58.8 Å². The summed E-state index contributed by atoms with van der Waals surface area (Å²) in [6.45, 7) is 9.03. The summed E-state index contributed by atoms with van der Waals surface area (Å²) in [5.41, 5.74) is 0.588. The molecule has 0 unspecified atom stereocenters. The average Bonchev–Trinajstić information content (AvgIpc) is 2.97. The quantitative estimate of drug-likeness (QED) is 0.213. The Morgan fingerprint density at radius 3 is 1.07 bits per heavy atom. The van der Waals surface area contributed by atoms with Crippen LogP contribution in [0.2, 0.25) is 0 Å². The molecule has 0 heterocycles. The Kier molecular flexibility index (Phi) is 33.3. The molecule has 0 aliphatic heterocycles. The van der Waals surface area contributed by atoms with Gasteiger partial charge >= 0.3 is 47.8 Å². The molecule has 0 aromatic heterocycles. The van der Waals surface area contributed by atoms with Gasteiger partial charge in [0.05, 0.1) is 26.9 Å². The number of ether oxygens (including phenoxy) is 8. The molecular formula is C29H44O16. The fourth-order valence-corrected chi connectivity index (χ4v) is 1.83. The summed E-state index contributed by atoms with van der Waals surface area (Å²) in [4.78, 5) is 81.9. The van der Waals surface area contributed by atoms with Crippen molar-refractivity contribution in [2.45, 2.75) is 54.6 Å². The van der Waals surface area contributed by atoms with E-state index >= 15 is 0 Å². The van der Waals surface area contributed by atoms with E-state index in [4.69, 9.17) is 4.74 Å². The molecule has 1 aromatic carbocycles. The van der Waals surface area contributed by atoms with Crippen molar-refractivity contribution in [3.8, 4) is 0 Å². The van der Waals surface area contributed by atoms with E-state index in [0.717, 1.165) is 0 Å². The lowest BCUT2D eigenvalue weighted by Crippen LogP contribution is -2.29. The molecule has 1 rings (SSSR count). The Morgan fingerprint density at radius 2 is 0.822 bits per heavy atom. The van der Waals surface area contributed by atoms with E-state index in [-0.39, 0.29) is 56.3 Å². The SMILES string of the molecule is CC(=O)OCC(COC(C)=O)OC(C)=O.CC(=O)OCCOC(C)=O.COC(=O)c1ccccc1.COC(C)=O.COC(C)=O. The predicted octanol–water partition coefficient (Wildman–Crippen LogP) is 1.99. The normalized spacial score (nSPS) is 8.60. The molecular weight excluding hydrogens is 604 g/mol. The molecule has 0 amide bonds. The van der Waals surface area contributed by atoms with Crippen LogP contribution in [0.4, 0.5) is 0 Å². The third-order valence-corrected chi connectivity index (χ3v) is 3.74. The van der Waals surface area contributed by atoms with Gasteiger partial charge in [0.15, 0.2) is 6.10 Å². The monoisotopic (exact) mass is 648 g/mol. The zero-order valence-electron chi connectivity index (χ0n) is 27.3. The maximum atomic E-state index is 10.8. The van der Waals surface area contributed by atoms with Crippen LogP contribution in [-0.4, -0.2) is 102 Å². The number of hydrogen-bond acceptors (Lipinski definition) is 16. The number of carbonyl (C=O) groups is 8. The highest BCUT2D eigenvalue weighted by Gasteiger charge is 2.15. The van der Waals surface area contributed by atoms with Crippen molar-refractivity contribution in [2.24, 2.45) is 0 Å². The van der Waals surface area contributed by atoms with Crippen molar-refractivity contribution in [2.75, 3.05) is 47.8 Å². The van der Waals surface area contributed by atoms with Gasteiger partial charge in [-0.1, -0.05) is 18.2 Å². The zero-order chi connectivity index (χ0) is 35.8. The van der Waals surface area contributed by atoms with Crippen LogP contribution in [0, 0.1) is 0 Å².